The van der Waals surface area contributed by atoms with E-state index in [1.807, 2.05) is 31.2 Å². The Morgan fingerprint density at radius 1 is 1.21 bits per heavy atom. The highest BCUT2D eigenvalue weighted by Crippen LogP contribution is 2.27. The van der Waals surface area contributed by atoms with Crippen LogP contribution in [0.3, 0.4) is 0 Å². The van der Waals surface area contributed by atoms with Crippen molar-refractivity contribution in [1.29, 1.82) is 0 Å². The van der Waals surface area contributed by atoms with Crippen LogP contribution in [0.2, 0.25) is 0 Å². The molecule has 0 spiro atoms. The SMILES string of the molecule is COc1ccc(C)cc1NC(=O)c1cccnc1N1CCCCC1. The van der Waals surface area contributed by atoms with E-state index in [0.29, 0.717) is 17.0 Å². The predicted molar refractivity (Wildman–Crippen MR) is 96.0 cm³/mol. The Kier molecular flexibility index (Phi) is 4.99. The number of hydrogen-bond acceptors (Lipinski definition) is 4. The Labute approximate surface area is 142 Å². The maximum atomic E-state index is 12.8. The lowest BCUT2D eigenvalue weighted by Gasteiger charge is -2.29. The number of amides is 1. The van der Waals surface area contributed by atoms with E-state index >= 15 is 0 Å². The number of pyridine rings is 1. The minimum Gasteiger partial charge on any atom is -0.495 e. The van der Waals surface area contributed by atoms with Crippen molar-refractivity contribution in [3.63, 3.8) is 0 Å². The van der Waals surface area contributed by atoms with Gasteiger partial charge < -0.3 is 15.0 Å². The van der Waals surface area contributed by atoms with Gasteiger partial charge >= 0.3 is 0 Å². The quantitative estimate of drug-likeness (QED) is 0.932. The van der Waals surface area contributed by atoms with E-state index in [9.17, 15) is 4.79 Å². The highest BCUT2D eigenvalue weighted by Gasteiger charge is 2.20. The van der Waals surface area contributed by atoms with Crippen molar-refractivity contribution in [2.75, 3.05) is 30.4 Å². The maximum Gasteiger partial charge on any atom is 0.259 e. The van der Waals surface area contributed by atoms with Crippen LogP contribution >= 0.6 is 0 Å². The van der Waals surface area contributed by atoms with Crippen LogP contribution < -0.4 is 15.0 Å². The second-order valence-electron chi connectivity index (χ2n) is 6.08. The molecule has 1 fully saturated rings. The number of carbonyl (C=O) groups excluding carboxylic acids is 1. The monoisotopic (exact) mass is 325 g/mol. The number of rotatable bonds is 4. The molecule has 1 aliphatic rings. The van der Waals surface area contributed by atoms with Gasteiger partial charge in [0.2, 0.25) is 0 Å². The molecular weight excluding hydrogens is 302 g/mol. The number of aryl methyl sites for hydroxylation is 1. The Bertz CT molecular complexity index is 724. The standard InChI is InChI=1S/C19H23N3O2/c1-14-8-9-17(24-2)16(13-14)21-19(23)15-7-6-10-20-18(15)22-11-4-3-5-12-22/h6-10,13H,3-5,11-12H2,1-2H3,(H,21,23). The average Bonchev–Trinajstić information content (AvgIpc) is 2.62. The summed E-state index contributed by atoms with van der Waals surface area (Å²) in [6.45, 7) is 3.88. The number of nitrogens with one attached hydrogen (secondary N) is 1. The summed E-state index contributed by atoms with van der Waals surface area (Å²) >= 11 is 0. The van der Waals surface area contributed by atoms with Gasteiger partial charge in [0.15, 0.2) is 0 Å². The fourth-order valence-electron chi connectivity index (χ4n) is 3.04. The number of aromatic nitrogens is 1. The van der Waals surface area contributed by atoms with Gasteiger partial charge in [0, 0.05) is 19.3 Å². The van der Waals surface area contributed by atoms with Gasteiger partial charge in [0.1, 0.15) is 11.6 Å². The van der Waals surface area contributed by atoms with Gasteiger partial charge in [0.05, 0.1) is 18.4 Å². The van der Waals surface area contributed by atoms with Crippen molar-refractivity contribution in [3.8, 4) is 5.75 Å². The maximum absolute atomic E-state index is 12.8. The minimum absolute atomic E-state index is 0.160. The molecule has 3 rings (SSSR count). The van der Waals surface area contributed by atoms with Gasteiger partial charge in [-0.25, -0.2) is 4.98 Å². The van der Waals surface area contributed by atoms with Crippen LogP contribution in [0.1, 0.15) is 35.2 Å². The van der Waals surface area contributed by atoms with Gasteiger partial charge in [-0.1, -0.05) is 6.07 Å². The van der Waals surface area contributed by atoms with Crippen LogP contribution in [0.25, 0.3) is 0 Å². The summed E-state index contributed by atoms with van der Waals surface area (Å²) in [4.78, 5) is 19.5. The van der Waals surface area contributed by atoms with Crippen LogP contribution in [0.4, 0.5) is 11.5 Å². The first-order chi connectivity index (χ1) is 11.7. The van der Waals surface area contributed by atoms with Gasteiger partial charge in [0.25, 0.3) is 5.91 Å². The lowest BCUT2D eigenvalue weighted by atomic mass is 10.1. The van der Waals surface area contributed by atoms with Crippen LogP contribution in [0.15, 0.2) is 36.5 Å². The van der Waals surface area contributed by atoms with E-state index < -0.39 is 0 Å². The van der Waals surface area contributed by atoms with E-state index in [4.69, 9.17) is 4.74 Å². The van der Waals surface area contributed by atoms with Crippen molar-refractivity contribution in [1.82, 2.24) is 4.98 Å². The molecule has 5 heteroatoms. The second kappa shape index (κ2) is 7.34. The number of piperidine rings is 1. The van der Waals surface area contributed by atoms with Crippen LogP contribution in [-0.4, -0.2) is 31.1 Å². The zero-order chi connectivity index (χ0) is 16.9. The lowest BCUT2D eigenvalue weighted by molar-refractivity contribution is 0.102. The first kappa shape index (κ1) is 16.3. The van der Waals surface area contributed by atoms with Gasteiger partial charge in [-0.3, -0.25) is 4.79 Å². The largest absolute Gasteiger partial charge is 0.495 e. The Morgan fingerprint density at radius 3 is 2.75 bits per heavy atom. The van der Waals surface area contributed by atoms with Crippen molar-refractivity contribution in [2.24, 2.45) is 0 Å². The molecule has 2 aromatic rings. The number of methoxy groups -OCH3 is 1. The summed E-state index contributed by atoms with van der Waals surface area (Å²) in [5.74, 6) is 1.26. The third-order valence-electron chi connectivity index (χ3n) is 4.29. The summed E-state index contributed by atoms with van der Waals surface area (Å²) in [5.41, 5.74) is 2.34. The minimum atomic E-state index is -0.160. The summed E-state index contributed by atoms with van der Waals surface area (Å²) in [6, 6.07) is 9.36. The molecule has 1 saturated heterocycles. The molecule has 0 atom stereocenters. The third kappa shape index (κ3) is 3.50. The zero-order valence-corrected chi connectivity index (χ0v) is 14.2. The van der Waals surface area contributed by atoms with Crippen molar-refractivity contribution in [3.05, 3.63) is 47.7 Å². The normalized spacial score (nSPS) is 14.3. The predicted octanol–water partition coefficient (Wildman–Crippen LogP) is 3.64. The van der Waals surface area contributed by atoms with Gasteiger partial charge in [-0.15, -0.1) is 0 Å². The fourth-order valence-corrected chi connectivity index (χ4v) is 3.04. The van der Waals surface area contributed by atoms with Gasteiger partial charge in [-0.05, 0) is 56.0 Å². The Hall–Kier alpha value is -2.56. The van der Waals surface area contributed by atoms with Crippen LogP contribution in [0, 0.1) is 6.92 Å². The molecule has 1 aliphatic heterocycles. The van der Waals surface area contributed by atoms with E-state index in [-0.39, 0.29) is 5.91 Å². The molecule has 0 radical (unpaired) electrons. The molecule has 0 bridgehead atoms. The molecule has 0 aliphatic carbocycles. The average molecular weight is 325 g/mol. The molecule has 2 heterocycles. The molecule has 1 N–H and O–H groups in total. The third-order valence-corrected chi connectivity index (χ3v) is 4.29. The molecule has 1 aromatic carbocycles. The smallest absolute Gasteiger partial charge is 0.259 e. The Morgan fingerprint density at radius 2 is 2.00 bits per heavy atom. The highest BCUT2D eigenvalue weighted by atomic mass is 16.5. The van der Waals surface area contributed by atoms with E-state index in [1.165, 1.54) is 6.42 Å². The number of ether oxygens (including phenoxy) is 1. The number of carbonyl (C=O) groups is 1. The molecular formula is C19H23N3O2. The second-order valence-corrected chi connectivity index (χ2v) is 6.08. The highest BCUT2D eigenvalue weighted by molar-refractivity contribution is 6.08. The first-order valence-electron chi connectivity index (χ1n) is 8.35. The summed E-state index contributed by atoms with van der Waals surface area (Å²) in [7, 11) is 1.60. The van der Waals surface area contributed by atoms with Crippen molar-refractivity contribution >= 4 is 17.4 Å². The van der Waals surface area contributed by atoms with Crippen LogP contribution in [0.5, 0.6) is 5.75 Å². The van der Waals surface area contributed by atoms with Crippen molar-refractivity contribution < 1.29 is 9.53 Å². The molecule has 126 valence electrons. The van der Waals surface area contributed by atoms with E-state index in [0.717, 1.165) is 37.3 Å². The fraction of sp³-hybridized carbons (Fsp3) is 0.368. The molecule has 1 amide bonds. The molecule has 1 aromatic heterocycles. The topological polar surface area (TPSA) is 54.5 Å². The van der Waals surface area contributed by atoms with E-state index in [2.05, 4.69) is 15.2 Å². The Balaban J connectivity index is 1.87. The first-order valence-corrected chi connectivity index (χ1v) is 8.35. The summed E-state index contributed by atoms with van der Waals surface area (Å²) in [5, 5.41) is 2.97. The molecule has 0 saturated carbocycles. The summed E-state index contributed by atoms with van der Waals surface area (Å²) in [6.07, 6.45) is 5.27. The lowest BCUT2D eigenvalue weighted by Crippen LogP contribution is -2.32. The zero-order valence-electron chi connectivity index (χ0n) is 14.2. The molecule has 0 unspecified atom stereocenters. The van der Waals surface area contributed by atoms with Crippen molar-refractivity contribution in [2.45, 2.75) is 26.2 Å². The number of hydrogen-bond donors (Lipinski definition) is 1. The number of nitrogens with zero attached hydrogens (tertiary/aromatic N) is 2. The van der Waals surface area contributed by atoms with Gasteiger partial charge in [-0.2, -0.15) is 0 Å². The molecule has 24 heavy (non-hydrogen) atoms. The van der Waals surface area contributed by atoms with Crippen LogP contribution in [-0.2, 0) is 0 Å². The van der Waals surface area contributed by atoms with E-state index in [1.54, 1.807) is 19.4 Å². The number of benzene rings is 1. The molecule has 5 nitrogen and oxygen atoms in total. The number of anilines is 2. The summed E-state index contributed by atoms with van der Waals surface area (Å²) < 4.78 is 5.34.